The number of carboxylic acids is 2. The zero-order valence-electron chi connectivity index (χ0n) is 20.1. The topological polar surface area (TPSA) is 153 Å². The average Bonchev–Trinajstić information content (AvgIpc) is 2.77. The second kappa shape index (κ2) is 17.5. The summed E-state index contributed by atoms with van der Waals surface area (Å²) in [5.41, 5.74) is 9.36. The van der Waals surface area contributed by atoms with Gasteiger partial charge in [0.25, 0.3) is 0 Å². The maximum atomic E-state index is 12.1. The van der Waals surface area contributed by atoms with Gasteiger partial charge in [0.2, 0.25) is 5.91 Å². The fourth-order valence-corrected chi connectivity index (χ4v) is 4.39. The summed E-state index contributed by atoms with van der Waals surface area (Å²) in [6.45, 7) is 2.46. The molecular formula is C24H43N3O5Pt. The Morgan fingerprint density at radius 2 is 1.24 bits per heavy atom. The van der Waals surface area contributed by atoms with Gasteiger partial charge in [-0.15, -0.1) is 0 Å². The summed E-state index contributed by atoms with van der Waals surface area (Å²) in [6, 6.07) is 0.562. The van der Waals surface area contributed by atoms with Gasteiger partial charge in [0.15, 0.2) is 0 Å². The zero-order chi connectivity index (χ0) is 24.0. The van der Waals surface area contributed by atoms with E-state index in [2.05, 4.69) is 6.92 Å². The molecule has 2 fully saturated rings. The first kappa shape index (κ1) is 32.0. The maximum Gasteiger partial charge on any atom is 2.00 e. The number of amides is 1. The fourth-order valence-electron chi connectivity index (χ4n) is 4.39. The van der Waals surface area contributed by atoms with Crippen molar-refractivity contribution in [3.63, 3.8) is 0 Å². The SMILES string of the molecule is CCCCCCCCCCC(=O)N1CCC(C(=O)[O-])(C(=O)[O-])CC1.N[C@@H]1CCCC[C@H]1N.[Pt+2]. The molecule has 1 aliphatic heterocycles. The van der Waals surface area contributed by atoms with E-state index in [9.17, 15) is 24.6 Å². The molecule has 2 aliphatic rings. The van der Waals surface area contributed by atoms with Crippen LogP contribution >= 0.6 is 0 Å². The molecule has 33 heavy (non-hydrogen) atoms. The van der Waals surface area contributed by atoms with Crippen LogP contribution < -0.4 is 21.7 Å². The number of nitrogens with zero attached hydrogens (tertiary/aromatic N) is 1. The van der Waals surface area contributed by atoms with E-state index in [1.54, 1.807) is 4.90 Å². The predicted molar refractivity (Wildman–Crippen MR) is 120 cm³/mol. The van der Waals surface area contributed by atoms with Gasteiger partial charge >= 0.3 is 21.1 Å². The van der Waals surface area contributed by atoms with E-state index >= 15 is 0 Å². The Morgan fingerprint density at radius 1 is 0.818 bits per heavy atom. The zero-order valence-corrected chi connectivity index (χ0v) is 22.4. The Hall–Kier alpha value is -0.982. The van der Waals surface area contributed by atoms with Crippen molar-refractivity contribution in [3.05, 3.63) is 0 Å². The van der Waals surface area contributed by atoms with Crippen LogP contribution in [0.5, 0.6) is 0 Å². The number of hydrogen-bond acceptors (Lipinski definition) is 7. The number of hydrogen-bond donors (Lipinski definition) is 2. The van der Waals surface area contributed by atoms with Crippen molar-refractivity contribution in [2.24, 2.45) is 16.9 Å². The third-order valence-corrected chi connectivity index (χ3v) is 6.87. The fraction of sp³-hybridized carbons (Fsp3) is 0.875. The molecule has 1 heterocycles. The molecule has 4 N–H and O–H groups in total. The number of carboxylic acid groups (broad SMARTS) is 2. The molecule has 0 spiro atoms. The van der Waals surface area contributed by atoms with Crippen LogP contribution in [0.1, 0.15) is 103 Å². The maximum absolute atomic E-state index is 12.1. The van der Waals surface area contributed by atoms with Crippen LogP contribution in [0.15, 0.2) is 0 Å². The second-order valence-corrected chi connectivity index (χ2v) is 9.37. The number of unbranched alkanes of at least 4 members (excludes halogenated alkanes) is 7. The van der Waals surface area contributed by atoms with E-state index in [4.69, 9.17) is 11.5 Å². The van der Waals surface area contributed by atoms with E-state index < -0.39 is 17.4 Å². The van der Waals surface area contributed by atoms with Crippen LogP contribution in [0.3, 0.4) is 0 Å². The molecule has 0 aromatic carbocycles. The summed E-state index contributed by atoms with van der Waals surface area (Å²) in [6.07, 6.45) is 14.2. The van der Waals surface area contributed by atoms with Crippen molar-refractivity contribution >= 4 is 17.8 Å². The molecule has 1 amide bonds. The standard InChI is InChI=1S/C18H31NO5.C6H14N2.Pt/c1-2-3-4-5-6-7-8-9-10-15(20)19-13-11-18(12-14-19,16(21)22)17(23)24;7-5-3-1-2-4-6(5)8;/h2-14H2,1H3,(H,21,22)(H,23,24);5-6H,1-4,7-8H2;/q;;+2/p-2/t;5-,6-;/m.1./s1. The number of carbonyl (C=O) groups is 3. The van der Waals surface area contributed by atoms with E-state index in [1.807, 2.05) is 0 Å². The van der Waals surface area contributed by atoms with Crippen LogP contribution in [-0.2, 0) is 35.4 Å². The molecule has 1 saturated carbocycles. The third kappa shape index (κ3) is 11.3. The van der Waals surface area contributed by atoms with Gasteiger partial charge in [-0.2, -0.15) is 0 Å². The summed E-state index contributed by atoms with van der Waals surface area (Å²) in [5.74, 6) is -3.25. The molecule has 0 radical (unpaired) electrons. The molecule has 0 unspecified atom stereocenters. The molecular weight excluding hydrogens is 605 g/mol. The van der Waals surface area contributed by atoms with Gasteiger partial charge < -0.3 is 36.2 Å². The summed E-state index contributed by atoms with van der Waals surface area (Å²) in [5, 5.41) is 22.2. The smallest absolute Gasteiger partial charge is 0.549 e. The van der Waals surface area contributed by atoms with Crippen molar-refractivity contribution in [3.8, 4) is 0 Å². The first-order chi connectivity index (χ1) is 15.2. The van der Waals surface area contributed by atoms with E-state index in [1.165, 1.54) is 44.9 Å². The number of piperidine rings is 1. The van der Waals surface area contributed by atoms with Crippen LogP contribution in [0.2, 0.25) is 0 Å². The van der Waals surface area contributed by atoms with Crippen molar-refractivity contribution in [2.75, 3.05) is 13.1 Å². The number of nitrogens with two attached hydrogens (primary N) is 2. The Kier molecular flexibility index (Phi) is 16.9. The van der Waals surface area contributed by atoms with Crippen molar-refractivity contribution < 1.29 is 45.7 Å². The van der Waals surface area contributed by atoms with Crippen molar-refractivity contribution in [1.82, 2.24) is 4.90 Å². The molecule has 0 aromatic rings. The normalized spacial score (nSPS) is 21.8. The van der Waals surface area contributed by atoms with Gasteiger partial charge in [0, 0.05) is 31.6 Å². The molecule has 1 aliphatic carbocycles. The molecule has 0 aromatic heterocycles. The van der Waals surface area contributed by atoms with Crippen molar-refractivity contribution in [1.29, 1.82) is 0 Å². The second-order valence-electron chi connectivity index (χ2n) is 9.37. The molecule has 0 bridgehead atoms. The van der Waals surface area contributed by atoms with Crippen LogP contribution in [0.25, 0.3) is 0 Å². The Balaban J connectivity index is 0.000000956. The monoisotopic (exact) mass is 648 g/mol. The van der Waals surface area contributed by atoms with Gasteiger partial charge in [-0.25, -0.2) is 0 Å². The minimum absolute atomic E-state index is 0. The average molecular weight is 649 g/mol. The summed E-state index contributed by atoms with van der Waals surface area (Å²) in [7, 11) is 0. The molecule has 1 saturated heterocycles. The summed E-state index contributed by atoms with van der Waals surface area (Å²) in [4.78, 5) is 35.9. The van der Waals surface area contributed by atoms with E-state index in [0.717, 1.165) is 32.1 Å². The van der Waals surface area contributed by atoms with Gasteiger partial charge in [0.05, 0.1) is 17.4 Å². The predicted octanol–water partition coefficient (Wildman–Crippen LogP) is 0.838. The number of rotatable bonds is 11. The molecule has 8 nitrogen and oxygen atoms in total. The first-order valence-electron chi connectivity index (χ1n) is 12.5. The minimum Gasteiger partial charge on any atom is -0.549 e. The Bertz CT molecular complexity index is 556. The molecule has 9 heteroatoms. The van der Waals surface area contributed by atoms with Crippen LogP contribution in [0, 0.1) is 5.41 Å². The summed E-state index contributed by atoms with van der Waals surface area (Å²) < 4.78 is 0. The van der Waals surface area contributed by atoms with Gasteiger partial charge in [-0.3, -0.25) is 4.79 Å². The number of likely N-dealkylation sites (tertiary alicyclic amines) is 1. The quantitative estimate of drug-likeness (QED) is 0.249. The van der Waals surface area contributed by atoms with Crippen LogP contribution in [-0.4, -0.2) is 47.9 Å². The molecule has 194 valence electrons. The largest absolute Gasteiger partial charge is 2.00 e. The minimum atomic E-state index is -1.95. The Morgan fingerprint density at radius 3 is 1.64 bits per heavy atom. The first-order valence-corrected chi connectivity index (χ1v) is 12.5. The van der Waals surface area contributed by atoms with E-state index in [0.29, 0.717) is 6.42 Å². The van der Waals surface area contributed by atoms with E-state index in [-0.39, 0.29) is 65.0 Å². The summed E-state index contributed by atoms with van der Waals surface area (Å²) >= 11 is 0. The number of carbonyl (C=O) groups excluding carboxylic acids is 3. The van der Waals surface area contributed by atoms with Gasteiger partial charge in [0.1, 0.15) is 0 Å². The van der Waals surface area contributed by atoms with Gasteiger partial charge in [-0.1, -0.05) is 64.7 Å². The van der Waals surface area contributed by atoms with Crippen LogP contribution in [0.4, 0.5) is 0 Å². The molecule has 2 atom stereocenters. The molecule has 2 rings (SSSR count). The van der Waals surface area contributed by atoms with Crippen molar-refractivity contribution in [2.45, 2.75) is 115 Å². The van der Waals surface area contributed by atoms with Gasteiger partial charge in [-0.05, 0) is 32.1 Å². The third-order valence-electron chi connectivity index (χ3n) is 6.87. The number of aliphatic carboxylic acids is 2. The Labute approximate surface area is 213 Å².